The van der Waals surface area contributed by atoms with Crippen molar-refractivity contribution in [1.29, 1.82) is 0 Å². The smallest absolute Gasteiger partial charge is 0.415 e. The van der Waals surface area contributed by atoms with Crippen LogP contribution in [0.2, 0.25) is 0 Å². The van der Waals surface area contributed by atoms with Gasteiger partial charge in [-0.15, -0.1) is 0 Å². The number of halogens is 1. The molecule has 1 aromatic carbocycles. The van der Waals surface area contributed by atoms with Gasteiger partial charge in [0.05, 0.1) is 0 Å². The van der Waals surface area contributed by atoms with E-state index in [1.807, 2.05) is 18.2 Å². The van der Waals surface area contributed by atoms with Crippen LogP contribution < -0.4 is 0 Å². The van der Waals surface area contributed by atoms with Crippen molar-refractivity contribution in [2.75, 3.05) is 0 Å². The molecule has 1 aromatic heterocycles. The zero-order chi connectivity index (χ0) is 10.3. The van der Waals surface area contributed by atoms with Gasteiger partial charge < -0.3 is 5.11 Å². The number of hydrogen-bond acceptors (Lipinski definition) is 1. The fourth-order valence-corrected chi connectivity index (χ4v) is 1.91. The zero-order valence-electron chi connectivity index (χ0n) is 7.49. The van der Waals surface area contributed by atoms with Crippen LogP contribution in [0.15, 0.2) is 28.9 Å². The number of aromatic nitrogens is 1. The van der Waals surface area contributed by atoms with Crippen LogP contribution in [0.25, 0.3) is 10.8 Å². The molecule has 2 aromatic rings. The Hall–Kier alpha value is -1.29. The van der Waals surface area contributed by atoms with Crippen molar-refractivity contribution in [1.82, 2.24) is 4.57 Å². The number of carboxylic acid groups (broad SMARTS) is 1. The summed E-state index contributed by atoms with van der Waals surface area (Å²) in [6.45, 7) is 1.80. The molecule has 0 amide bonds. The monoisotopic (exact) mass is 253 g/mol. The van der Waals surface area contributed by atoms with Crippen LogP contribution in [0, 0.1) is 6.92 Å². The molecule has 0 aliphatic rings. The van der Waals surface area contributed by atoms with Crippen molar-refractivity contribution in [2.24, 2.45) is 0 Å². The summed E-state index contributed by atoms with van der Waals surface area (Å²) in [5.74, 6) is 0. The van der Waals surface area contributed by atoms with Crippen molar-refractivity contribution in [3.63, 3.8) is 0 Å². The van der Waals surface area contributed by atoms with Crippen molar-refractivity contribution in [3.8, 4) is 0 Å². The number of fused-ring (bicyclic) bond motifs is 1. The molecule has 2 rings (SSSR count). The Bertz CT molecular complexity index is 516. The van der Waals surface area contributed by atoms with Crippen LogP contribution in [0.4, 0.5) is 4.79 Å². The van der Waals surface area contributed by atoms with Crippen LogP contribution in [-0.2, 0) is 0 Å². The first-order chi connectivity index (χ1) is 6.59. The number of carbonyl (C=O) groups is 1. The Labute approximate surface area is 89.1 Å². The summed E-state index contributed by atoms with van der Waals surface area (Å²) >= 11 is 3.35. The first kappa shape index (κ1) is 9.27. The molecule has 0 spiro atoms. The molecule has 0 saturated carbocycles. The van der Waals surface area contributed by atoms with E-state index in [4.69, 9.17) is 5.11 Å². The largest absolute Gasteiger partial charge is 0.464 e. The molecule has 0 aliphatic heterocycles. The van der Waals surface area contributed by atoms with E-state index in [1.165, 1.54) is 4.57 Å². The molecule has 0 bridgehead atoms. The molecule has 0 radical (unpaired) electrons. The average molecular weight is 254 g/mol. The second-order valence-corrected chi connectivity index (χ2v) is 4.01. The molecule has 0 unspecified atom stereocenters. The van der Waals surface area contributed by atoms with E-state index in [1.54, 1.807) is 13.1 Å². The van der Waals surface area contributed by atoms with Gasteiger partial charge in [0, 0.05) is 27.1 Å². The summed E-state index contributed by atoms with van der Waals surface area (Å²) in [7, 11) is 0. The van der Waals surface area contributed by atoms with Gasteiger partial charge in [0.15, 0.2) is 0 Å². The van der Waals surface area contributed by atoms with E-state index in [-0.39, 0.29) is 0 Å². The second kappa shape index (κ2) is 3.13. The van der Waals surface area contributed by atoms with Crippen molar-refractivity contribution < 1.29 is 9.90 Å². The van der Waals surface area contributed by atoms with Gasteiger partial charge in [0.1, 0.15) is 0 Å². The van der Waals surface area contributed by atoms with Gasteiger partial charge in [-0.2, -0.15) is 0 Å². The summed E-state index contributed by atoms with van der Waals surface area (Å²) < 4.78 is 2.18. The summed E-state index contributed by atoms with van der Waals surface area (Å²) in [5, 5.41) is 10.8. The molecular weight excluding hydrogens is 246 g/mol. The van der Waals surface area contributed by atoms with E-state index in [0.29, 0.717) is 0 Å². The van der Waals surface area contributed by atoms with Gasteiger partial charge >= 0.3 is 6.09 Å². The van der Waals surface area contributed by atoms with Gasteiger partial charge in [-0.3, -0.25) is 4.57 Å². The van der Waals surface area contributed by atoms with Crippen LogP contribution in [0.5, 0.6) is 0 Å². The van der Waals surface area contributed by atoms with E-state index in [0.717, 1.165) is 20.9 Å². The number of hydrogen-bond donors (Lipinski definition) is 1. The van der Waals surface area contributed by atoms with Crippen molar-refractivity contribution >= 4 is 32.8 Å². The van der Waals surface area contributed by atoms with Gasteiger partial charge in [-0.25, -0.2) is 4.79 Å². The minimum absolute atomic E-state index is 0.750. The topological polar surface area (TPSA) is 42.2 Å². The minimum Gasteiger partial charge on any atom is -0.464 e. The maximum Gasteiger partial charge on any atom is 0.415 e. The fraction of sp³-hybridized carbons (Fsp3) is 0.100. The highest BCUT2D eigenvalue weighted by Gasteiger charge is 2.09. The molecule has 3 nitrogen and oxygen atoms in total. The quantitative estimate of drug-likeness (QED) is 0.784. The molecule has 1 heterocycles. The molecule has 1 N–H and O–H groups in total. The molecule has 0 atom stereocenters. The third-order valence-electron chi connectivity index (χ3n) is 2.24. The predicted molar refractivity (Wildman–Crippen MR) is 57.8 cm³/mol. The van der Waals surface area contributed by atoms with Gasteiger partial charge in [-0.05, 0) is 19.1 Å². The number of benzene rings is 1. The Morgan fingerprint density at radius 3 is 2.86 bits per heavy atom. The lowest BCUT2D eigenvalue weighted by Crippen LogP contribution is -2.07. The van der Waals surface area contributed by atoms with E-state index < -0.39 is 6.09 Å². The third-order valence-corrected chi connectivity index (χ3v) is 2.73. The normalized spacial score (nSPS) is 10.7. The van der Waals surface area contributed by atoms with E-state index in [2.05, 4.69) is 15.9 Å². The highest BCUT2D eigenvalue weighted by Crippen LogP contribution is 2.24. The summed E-state index contributed by atoms with van der Waals surface area (Å²) in [5.41, 5.74) is 0.750. The maximum atomic E-state index is 10.8. The third kappa shape index (κ3) is 1.32. The van der Waals surface area contributed by atoms with Crippen molar-refractivity contribution in [2.45, 2.75) is 6.92 Å². The van der Waals surface area contributed by atoms with Crippen LogP contribution in [0.1, 0.15) is 5.69 Å². The summed E-state index contributed by atoms with van der Waals surface area (Å²) in [6.07, 6.45) is 0.674. The standard InChI is InChI=1S/C10H8BrNO2/c1-6-9-3-2-8(11)4-7(9)5-12(6)10(13)14/h2-5H,1H3,(H,13,14). The Morgan fingerprint density at radius 1 is 1.50 bits per heavy atom. The second-order valence-electron chi connectivity index (χ2n) is 3.10. The minimum atomic E-state index is -0.949. The molecule has 4 heteroatoms. The summed E-state index contributed by atoms with van der Waals surface area (Å²) in [4.78, 5) is 10.8. The molecule has 0 fully saturated rings. The predicted octanol–water partition coefficient (Wildman–Crippen LogP) is 3.24. The Balaban J connectivity index is 2.79. The average Bonchev–Trinajstić information content (AvgIpc) is 2.43. The highest BCUT2D eigenvalue weighted by atomic mass is 79.9. The SMILES string of the molecule is Cc1c2ccc(Br)cc2cn1C(=O)O. The molecule has 72 valence electrons. The fourth-order valence-electron chi connectivity index (χ4n) is 1.53. The highest BCUT2D eigenvalue weighted by molar-refractivity contribution is 9.10. The number of aryl methyl sites for hydroxylation is 1. The van der Waals surface area contributed by atoms with Gasteiger partial charge in [-0.1, -0.05) is 22.0 Å². The molecular formula is C10H8BrNO2. The summed E-state index contributed by atoms with van der Waals surface area (Å²) in [6, 6.07) is 5.72. The lowest BCUT2D eigenvalue weighted by molar-refractivity contribution is 0.196. The van der Waals surface area contributed by atoms with E-state index >= 15 is 0 Å². The number of nitrogens with zero attached hydrogens (tertiary/aromatic N) is 1. The Kier molecular flexibility index (Phi) is 2.07. The first-order valence-electron chi connectivity index (χ1n) is 4.10. The lowest BCUT2D eigenvalue weighted by Gasteiger charge is -1.96. The first-order valence-corrected chi connectivity index (χ1v) is 4.89. The van der Waals surface area contributed by atoms with Crippen LogP contribution in [-0.4, -0.2) is 15.8 Å². The molecule has 0 saturated heterocycles. The lowest BCUT2D eigenvalue weighted by atomic mass is 10.2. The van der Waals surface area contributed by atoms with Crippen molar-refractivity contribution in [3.05, 3.63) is 34.6 Å². The molecule has 0 aliphatic carbocycles. The van der Waals surface area contributed by atoms with Crippen LogP contribution >= 0.6 is 15.9 Å². The van der Waals surface area contributed by atoms with Gasteiger partial charge in [0.25, 0.3) is 0 Å². The van der Waals surface area contributed by atoms with E-state index in [9.17, 15) is 4.79 Å². The molecule has 14 heavy (non-hydrogen) atoms. The van der Waals surface area contributed by atoms with Crippen LogP contribution in [0.3, 0.4) is 0 Å². The number of rotatable bonds is 0. The zero-order valence-corrected chi connectivity index (χ0v) is 9.08. The maximum absolute atomic E-state index is 10.8. The Morgan fingerprint density at radius 2 is 2.21 bits per heavy atom. The van der Waals surface area contributed by atoms with Gasteiger partial charge in [0.2, 0.25) is 0 Å².